The first-order valence-electron chi connectivity index (χ1n) is 3.91. The summed E-state index contributed by atoms with van der Waals surface area (Å²) in [5.41, 5.74) is 4.88. The van der Waals surface area contributed by atoms with Crippen molar-refractivity contribution in [3.63, 3.8) is 0 Å². The monoisotopic (exact) mass is 228 g/mol. The van der Waals surface area contributed by atoms with Crippen molar-refractivity contribution < 1.29 is 22.0 Å². The Morgan fingerprint density at radius 2 is 2.14 bits per heavy atom. The van der Waals surface area contributed by atoms with Crippen LogP contribution in [0.3, 0.4) is 0 Å². The van der Waals surface area contributed by atoms with Crippen LogP contribution in [0, 0.1) is 0 Å². The lowest BCUT2D eigenvalue weighted by atomic mass is 10.1. The zero-order valence-electron chi connectivity index (χ0n) is 7.19. The zero-order chi connectivity index (χ0) is 10.9. The Morgan fingerprint density at radius 1 is 1.57 bits per heavy atom. The number of alkyl halides is 2. The third-order valence-electron chi connectivity index (χ3n) is 1.99. The average molecular weight is 228 g/mol. The number of hydrogen-bond acceptors (Lipinski definition) is 3. The Labute approximate surface area is 79.9 Å². The SMILES string of the molecule is NC(=O)C1CCN1S(=O)(=O)CC(F)F. The highest BCUT2D eigenvalue weighted by molar-refractivity contribution is 7.89. The lowest BCUT2D eigenvalue weighted by molar-refractivity contribution is -0.124. The molecule has 1 saturated heterocycles. The van der Waals surface area contributed by atoms with Crippen LogP contribution in [0.5, 0.6) is 0 Å². The fraction of sp³-hybridized carbons (Fsp3) is 0.833. The summed E-state index contributed by atoms with van der Waals surface area (Å²) < 4.78 is 46.8. The lowest BCUT2D eigenvalue weighted by Gasteiger charge is -2.37. The highest BCUT2D eigenvalue weighted by Crippen LogP contribution is 2.22. The average Bonchev–Trinajstić information content (AvgIpc) is 1.75. The van der Waals surface area contributed by atoms with Gasteiger partial charge in [0.1, 0.15) is 11.8 Å². The fourth-order valence-electron chi connectivity index (χ4n) is 1.24. The minimum Gasteiger partial charge on any atom is -0.368 e. The largest absolute Gasteiger partial charge is 0.368 e. The summed E-state index contributed by atoms with van der Waals surface area (Å²) in [6.45, 7) is 0.0860. The van der Waals surface area contributed by atoms with Gasteiger partial charge in [0.2, 0.25) is 15.9 Å². The summed E-state index contributed by atoms with van der Waals surface area (Å²) in [5.74, 6) is -2.05. The molecule has 1 aliphatic rings. The van der Waals surface area contributed by atoms with E-state index in [-0.39, 0.29) is 6.54 Å². The van der Waals surface area contributed by atoms with Gasteiger partial charge in [-0.25, -0.2) is 17.2 Å². The molecule has 0 aliphatic carbocycles. The van der Waals surface area contributed by atoms with Gasteiger partial charge in [0.05, 0.1) is 0 Å². The minimum absolute atomic E-state index is 0.0860. The van der Waals surface area contributed by atoms with Crippen molar-refractivity contribution in [3.8, 4) is 0 Å². The van der Waals surface area contributed by atoms with Gasteiger partial charge in [0.25, 0.3) is 6.43 Å². The van der Waals surface area contributed by atoms with Crippen molar-refractivity contribution in [1.29, 1.82) is 0 Å². The van der Waals surface area contributed by atoms with Crippen LogP contribution in [0.15, 0.2) is 0 Å². The van der Waals surface area contributed by atoms with E-state index in [4.69, 9.17) is 5.73 Å². The van der Waals surface area contributed by atoms with Crippen molar-refractivity contribution in [2.75, 3.05) is 12.3 Å². The molecule has 1 aliphatic heterocycles. The van der Waals surface area contributed by atoms with Crippen LogP contribution in [0.25, 0.3) is 0 Å². The van der Waals surface area contributed by atoms with Crippen molar-refractivity contribution in [1.82, 2.24) is 4.31 Å². The van der Waals surface area contributed by atoms with E-state index < -0.39 is 34.2 Å². The second kappa shape index (κ2) is 3.77. The van der Waals surface area contributed by atoms with Gasteiger partial charge in [0.15, 0.2) is 0 Å². The first-order valence-corrected chi connectivity index (χ1v) is 5.52. The summed E-state index contributed by atoms with van der Waals surface area (Å²) in [4.78, 5) is 10.7. The van der Waals surface area contributed by atoms with Gasteiger partial charge in [-0.15, -0.1) is 0 Å². The molecule has 1 fully saturated rings. The Bertz CT molecular complexity index is 330. The first-order chi connectivity index (χ1) is 6.34. The molecule has 1 atom stereocenters. The number of nitrogens with zero attached hydrogens (tertiary/aromatic N) is 1. The van der Waals surface area contributed by atoms with E-state index in [0.29, 0.717) is 6.42 Å². The number of carbonyl (C=O) groups excluding carboxylic acids is 1. The maximum Gasteiger partial charge on any atom is 0.253 e. The van der Waals surface area contributed by atoms with E-state index in [2.05, 4.69) is 0 Å². The van der Waals surface area contributed by atoms with Crippen LogP contribution in [0.4, 0.5) is 8.78 Å². The maximum absolute atomic E-state index is 11.9. The van der Waals surface area contributed by atoms with E-state index in [1.54, 1.807) is 0 Å². The molecular formula is C6H10F2N2O3S. The molecule has 1 rings (SSSR count). The summed E-state index contributed by atoms with van der Waals surface area (Å²) in [5, 5.41) is 0. The third-order valence-corrected chi connectivity index (χ3v) is 3.82. The molecule has 0 bridgehead atoms. The molecular weight excluding hydrogens is 218 g/mol. The third kappa shape index (κ3) is 2.18. The number of rotatable bonds is 4. The number of nitrogens with two attached hydrogens (primary N) is 1. The molecule has 0 aromatic heterocycles. The highest BCUT2D eigenvalue weighted by atomic mass is 32.2. The topological polar surface area (TPSA) is 80.5 Å². The number of amides is 1. The van der Waals surface area contributed by atoms with Crippen molar-refractivity contribution >= 4 is 15.9 Å². The van der Waals surface area contributed by atoms with E-state index in [9.17, 15) is 22.0 Å². The molecule has 0 radical (unpaired) electrons. The molecule has 0 aromatic rings. The van der Waals surface area contributed by atoms with E-state index in [0.717, 1.165) is 4.31 Å². The molecule has 0 saturated carbocycles. The molecule has 2 N–H and O–H groups in total. The zero-order valence-corrected chi connectivity index (χ0v) is 8.01. The van der Waals surface area contributed by atoms with Gasteiger partial charge in [-0.1, -0.05) is 0 Å². The van der Waals surface area contributed by atoms with Crippen molar-refractivity contribution in [3.05, 3.63) is 0 Å². The fourth-order valence-corrected chi connectivity index (χ4v) is 2.73. The van der Waals surface area contributed by atoms with Crippen LogP contribution in [0.1, 0.15) is 6.42 Å². The molecule has 0 aromatic carbocycles. The van der Waals surface area contributed by atoms with Gasteiger partial charge >= 0.3 is 0 Å². The molecule has 1 unspecified atom stereocenters. The Hall–Kier alpha value is -0.760. The van der Waals surface area contributed by atoms with Crippen molar-refractivity contribution in [2.24, 2.45) is 5.73 Å². The summed E-state index contributed by atoms with van der Waals surface area (Å²) in [6.07, 6.45) is -2.63. The predicted octanol–water partition coefficient (Wildman–Crippen LogP) is -0.859. The Balaban J connectivity index is 2.70. The lowest BCUT2D eigenvalue weighted by Crippen LogP contribution is -2.58. The Kier molecular flexibility index (Phi) is 3.05. The maximum atomic E-state index is 11.9. The van der Waals surface area contributed by atoms with Crippen LogP contribution in [-0.4, -0.2) is 43.4 Å². The highest BCUT2D eigenvalue weighted by Gasteiger charge is 2.41. The van der Waals surface area contributed by atoms with Crippen molar-refractivity contribution in [2.45, 2.75) is 18.9 Å². The second-order valence-corrected chi connectivity index (χ2v) is 4.95. The summed E-state index contributed by atoms with van der Waals surface area (Å²) >= 11 is 0. The normalized spacial score (nSPS) is 23.5. The van der Waals surface area contributed by atoms with Crippen LogP contribution in [-0.2, 0) is 14.8 Å². The van der Waals surface area contributed by atoms with Gasteiger partial charge in [-0.2, -0.15) is 4.31 Å². The molecule has 82 valence electrons. The number of primary amides is 1. The number of hydrogen-bond donors (Lipinski definition) is 1. The van der Waals surface area contributed by atoms with Gasteiger partial charge in [0, 0.05) is 6.54 Å². The molecule has 14 heavy (non-hydrogen) atoms. The predicted molar refractivity (Wildman–Crippen MR) is 44.1 cm³/mol. The molecule has 1 amide bonds. The quantitative estimate of drug-likeness (QED) is 0.680. The van der Waals surface area contributed by atoms with E-state index >= 15 is 0 Å². The first kappa shape index (κ1) is 11.3. The Morgan fingerprint density at radius 3 is 2.43 bits per heavy atom. The van der Waals surface area contributed by atoms with Gasteiger partial charge in [-0.3, -0.25) is 4.79 Å². The molecule has 8 heteroatoms. The van der Waals surface area contributed by atoms with Crippen LogP contribution >= 0.6 is 0 Å². The number of carbonyl (C=O) groups is 1. The van der Waals surface area contributed by atoms with E-state index in [1.807, 2.05) is 0 Å². The van der Waals surface area contributed by atoms with Gasteiger partial charge < -0.3 is 5.73 Å². The smallest absolute Gasteiger partial charge is 0.253 e. The summed E-state index contributed by atoms with van der Waals surface area (Å²) in [7, 11) is -4.03. The van der Waals surface area contributed by atoms with Crippen LogP contribution < -0.4 is 5.73 Å². The van der Waals surface area contributed by atoms with E-state index in [1.165, 1.54) is 0 Å². The number of sulfonamides is 1. The standard InChI is InChI=1S/C6H10F2N2O3S/c7-5(8)3-14(12,13)10-2-1-4(10)6(9)11/h4-5H,1-3H2,(H2,9,11). The molecule has 0 spiro atoms. The van der Waals surface area contributed by atoms with Gasteiger partial charge in [-0.05, 0) is 6.42 Å². The van der Waals surface area contributed by atoms with Crippen LogP contribution in [0.2, 0.25) is 0 Å². The molecule has 5 nitrogen and oxygen atoms in total. The molecule has 1 heterocycles. The second-order valence-electron chi connectivity index (χ2n) is 2.99. The number of halogens is 2. The minimum atomic E-state index is -4.03. The summed E-state index contributed by atoms with van der Waals surface area (Å²) in [6, 6.07) is -0.946.